The van der Waals surface area contributed by atoms with E-state index >= 15 is 0 Å². The molecule has 88 valence electrons. The van der Waals surface area contributed by atoms with E-state index in [0.717, 1.165) is 16.6 Å². The van der Waals surface area contributed by atoms with Gasteiger partial charge in [-0.2, -0.15) is 0 Å². The predicted molar refractivity (Wildman–Crippen MR) is 74.0 cm³/mol. The first-order valence-corrected chi connectivity index (χ1v) is 5.87. The van der Waals surface area contributed by atoms with Crippen LogP contribution in [0.15, 0.2) is 54.7 Å². The molecule has 2 aromatic carbocycles. The number of para-hydroxylation sites is 1. The van der Waals surface area contributed by atoms with Crippen LogP contribution in [0.4, 0.5) is 11.6 Å². The van der Waals surface area contributed by atoms with Crippen LogP contribution in [0.1, 0.15) is 5.56 Å². The maximum Gasteiger partial charge on any atom is 0.227 e. The van der Waals surface area contributed by atoms with Crippen molar-refractivity contribution in [1.82, 2.24) is 9.97 Å². The number of aromatic nitrogens is 2. The number of nitrogens with one attached hydrogen (secondary N) is 1. The molecule has 0 saturated carbocycles. The van der Waals surface area contributed by atoms with Crippen molar-refractivity contribution in [3.05, 3.63) is 60.3 Å². The minimum Gasteiger partial charge on any atom is -0.324 e. The Morgan fingerprint density at radius 1 is 0.944 bits per heavy atom. The van der Waals surface area contributed by atoms with E-state index in [9.17, 15) is 0 Å². The Morgan fingerprint density at radius 3 is 2.56 bits per heavy atom. The van der Waals surface area contributed by atoms with Gasteiger partial charge >= 0.3 is 0 Å². The molecule has 1 aromatic heterocycles. The van der Waals surface area contributed by atoms with E-state index in [-0.39, 0.29) is 0 Å². The van der Waals surface area contributed by atoms with Crippen LogP contribution < -0.4 is 5.32 Å². The summed E-state index contributed by atoms with van der Waals surface area (Å²) in [6.45, 7) is 2.07. The van der Waals surface area contributed by atoms with Crippen LogP contribution in [0, 0.1) is 6.92 Å². The zero-order valence-corrected chi connectivity index (χ0v) is 10.1. The Balaban J connectivity index is 1.92. The van der Waals surface area contributed by atoms with Gasteiger partial charge in [0.25, 0.3) is 0 Å². The zero-order chi connectivity index (χ0) is 12.4. The van der Waals surface area contributed by atoms with E-state index < -0.39 is 0 Å². The first-order chi connectivity index (χ1) is 8.81. The molecule has 0 aliphatic heterocycles. The average molecular weight is 235 g/mol. The van der Waals surface area contributed by atoms with Crippen LogP contribution in [-0.4, -0.2) is 9.97 Å². The molecule has 1 N–H and O–H groups in total. The smallest absolute Gasteiger partial charge is 0.227 e. The second-order valence-corrected chi connectivity index (χ2v) is 4.24. The van der Waals surface area contributed by atoms with E-state index in [1.54, 1.807) is 0 Å². The van der Waals surface area contributed by atoms with Crippen molar-refractivity contribution in [1.29, 1.82) is 0 Å². The maximum atomic E-state index is 4.47. The number of aryl methyl sites for hydroxylation is 1. The molecule has 3 nitrogen and oxygen atoms in total. The van der Waals surface area contributed by atoms with Crippen LogP contribution in [0.3, 0.4) is 0 Å². The highest BCUT2D eigenvalue weighted by atomic mass is 15.1. The zero-order valence-electron chi connectivity index (χ0n) is 10.1. The SMILES string of the molecule is Cc1ccc(Nc2ncc3ccccc3n2)cc1. The van der Waals surface area contributed by atoms with Gasteiger partial charge in [-0.05, 0) is 25.1 Å². The Kier molecular flexibility index (Phi) is 2.65. The summed E-state index contributed by atoms with van der Waals surface area (Å²) in [5, 5.41) is 4.25. The Morgan fingerprint density at radius 2 is 1.72 bits per heavy atom. The van der Waals surface area contributed by atoms with Gasteiger partial charge in [0.2, 0.25) is 5.95 Å². The van der Waals surface area contributed by atoms with Gasteiger partial charge < -0.3 is 5.32 Å². The minimum atomic E-state index is 0.623. The third-order valence-electron chi connectivity index (χ3n) is 2.80. The number of hydrogen-bond acceptors (Lipinski definition) is 3. The molecule has 0 fully saturated rings. The molecule has 0 bridgehead atoms. The number of nitrogens with zero attached hydrogens (tertiary/aromatic N) is 2. The van der Waals surface area contributed by atoms with Crippen molar-refractivity contribution < 1.29 is 0 Å². The third kappa shape index (κ3) is 2.15. The van der Waals surface area contributed by atoms with Crippen molar-refractivity contribution in [3.63, 3.8) is 0 Å². The number of hydrogen-bond donors (Lipinski definition) is 1. The van der Waals surface area contributed by atoms with Gasteiger partial charge in [-0.1, -0.05) is 35.9 Å². The predicted octanol–water partition coefficient (Wildman–Crippen LogP) is 3.68. The van der Waals surface area contributed by atoms with Crippen molar-refractivity contribution in [2.45, 2.75) is 6.92 Å². The van der Waals surface area contributed by atoms with Crippen molar-refractivity contribution in [2.24, 2.45) is 0 Å². The standard InChI is InChI=1S/C15H13N3/c1-11-6-8-13(9-7-11)17-15-16-10-12-4-2-3-5-14(12)18-15/h2-10H,1H3,(H,16,17,18). The fraction of sp³-hybridized carbons (Fsp3) is 0.0667. The van der Waals surface area contributed by atoms with Gasteiger partial charge in [-0.3, -0.25) is 0 Å². The lowest BCUT2D eigenvalue weighted by molar-refractivity contribution is 1.21. The first-order valence-electron chi connectivity index (χ1n) is 5.87. The molecule has 1 heterocycles. The number of anilines is 2. The quantitative estimate of drug-likeness (QED) is 0.736. The number of benzene rings is 2. The van der Waals surface area contributed by atoms with E-state index in [0.29, 0.717) is 5.95 Å². The summed E-state index contributed by atoms with van der Waals surface area (Å²) in [6, 6.07) is 16.1. The van der Waals surface area contributed by atoms with Gasteiger partial charge in [-0.15, -0.1) is 0 Å². The lowest BCUT2D eigenvalue weighted by atomic mass is 10.2. The summed E-state index contributed by atoms with van der Waals surface area (Å²) >= 11 is 0. The van der Waals surface area contributed by atoms with Crippen LogP contribution in [-0.2, 0) is 0 Å². The Bertz CT molecular complexity index is 675. The molecule has 0 unspecified atom stereocenters. The van der Waals surface area contributed by atoms with Crippen LogP contribution in [0.5, 0.6) is 0 Å². The highest BCUT2D eigenvalue weighted by molar-refractivity contribution is 5.78. The minimum absolute atomic E-state index is 0.623. The second-order valence-electron chi connectivity index (χ2n) is 4.24. The molecular weight excluding hydrogens is 222 g/mol. The number of rotatable bonds is 2. The van der Waals surface area contributed by atoms with Crippen LogP contribution >= 0.6 is 0 Å². The molecule has 3 heteroatoms. The molecule has 0 atom stereocenters. The molecular formula is C15H13N3. The molecule has 18 heavy (non-hydrogen) atoms. The Hall–Kier alpha value is -2.42. The molecule has 0 spiro atoms. The summed E-state index contributed by atoms with van der Waals surface area (Å²) in [5.74, 6) is 0.623. The molecule has 3 rings (SSSR count). The molecule has 0 aliphatic carbocycles. The summed E-state index contributed by atoms with van der Waals surface area (Å²) in [6.07, 6.45) is 1.83. The van der Waals surface area contributed by atoms with Gasteiger partial charge in [0, 0.05) is 17.3 Å². The summed E-state index contributed by atoms with van der Waals surface area (Å²) in [4.78, 5) is 8.77. The van der Waals surface area contributed by atoms with Crippen LogP contribution in [0.2, 0.25) is 0 Å². The number of fused-ring (bicyclic) bond motifs is 1. The fourth-order valence-corrected chi connectivity index (χ4v) is 1.80. The van der Waals surface area contributed by atoms with E-state index in [4.69, 9.17) is 0 Å². The van der Waals surface area contributed by atoms with Crippen molar-refractivity contribution in [3.8, 4) is 0 Å². The van der Waals surface area contributed by atoms with Crippen molar-refractivity contribution >= 4 is 22.5 Å². The summed E-state index contributed by atoms with van der Waals surface area (Å²) in [7, 11) is 0. The first kappa shape index (κ1) is 10.7. The lowest BCUT2D eigenvalue weighted by Gasteiger charge is -2.05. The maximum absolute atomic E-state index is 4.47. The Labute approximate surface area is 106 Å². The average Bonchev–Trinajstić information content (AvgIpc) is 2.41. The third-order valence-corrected chi connectivity index (χ3v) is 2.80. The molecule has 0 radical (unpaired) electrons. The molecule has 0 aliphatic rings. The molecule has 3 aromatic rings. The normalized spacial score (nSPS) is 10.5. The highest BCUT2D eigenvalue weighted by Crippen LogP contribution is 2.16. The van der Waals surface area contributed by atoms with E-state index in [2.05, 4.69) is 34.3 Å². The van der Waals surface area contributed by atoms with Crippen LogP contribution in [0.25, 0.3) is 10.9 Å². The largest absolute Gasteiger partial charge is 0.324 e. The molecule has 0 saturated heterocycles. The highest BCUT2D eigenvalue weighted by Gasteiger charge is 1.99. The van der Waals surface area contributed by atoms with E-state index in [1.165, 1.54) is 5.56 Å². The lowest BCUT2D eigenvalue weighted by Crippen LogP contribution is -1.96. The van der Waals surface area contributed by atoms with Gasteiger partial charge in [-0.25, -0.2) is 9.97 Å². The van der Waals surface area contributed by atoms with Crippen molar-refractivity contribution in [2.75, 3.05) is 5.32 Å². The van der Waals surface area contributed by atoms with E-state index in [1.807, 2.05) is 42.6 Å². The van der Waals surface area contributed by atoms with Gasteiger partial charge in [0.05, 0.1) is 5.52 Å². The fourth-order valence-electron chi connectivity index (χ4n) is 1.80. The summed E-state index contributed by atoms with van der Waals surface area (Å²) < 4.78 is 0. The molecule has 0 amide bonds. The monoisotopic (exact) mass is 235 g/mol. The second kappa shape index (κ2) is 4.45. The van der Waals surface area contributed by atoms with Gasteiger partial charge in [0.1, 0.15) is 0 Å². The summed E-state index contributed by atoms with van der Waals surface area (Å²) in [5.41, 5.74) is 3.18. The van der Waals surface area contributed by atoms with Gasteiger partial charge in [0.15, 0.2) is 0 Å². The topological polar surface area (TPSA) is 37.8 Å².